The molecule has 0 unspecified atom stereocenters. The number of halogens is 6. The van der Waals surface area contributed by atoms with E-state index >= 15 is 4.39 Å². The van der Waals surface area contributed by atoms with Crippen LogP contribution in [0.5, 0.6) is 0 Å². The lowest BCUT2D eigenvalue weighted by molar-refractivity contribution is -0.117. The first kappa shape index (κ1) is 37.7. The molecule has 256 valence electrons. The molecule has 48 heavy (non-hydrogen) atoms. The number of nitrogens with one attached hydrogen (secondary N) is 1. The normalized spacial score (nSPS) is 16.9. The molecular weight excluding hydrogens is 729 g/mol. The molecule has 8 nitrogen and oxygen atoms in total. The van der Waals surface area contributed by atoms with Gasteiger partial charge in [-0.25, -0.2) is 14.0 Å². The predicted molar refractivity (Wildman–Crippen MR) is 187 cm³/mol. The van der Waals surface area contributed by atoms with Crippen LogP contribution in [0.4, 0.5) is 25.4 Å². The van der Waals surface area contributed by atoms with Crippen molar-refractivity contribution < 1.29 is 33.0 Å². The van der Waals surface area contributed by atoms with Gasteiger partial charge in [0.15, 0.2) is 11.6 Å². The highest BCUT2D eigenvalue weighted by Crippen LogP contribution is 2.65. The van der Waals surface area contributed by atoms with E-state index < -0.39 is 69.2 Å². The fraction of sp³-hybridized carbons (Fsp3) is 0.353. The van der Waals surface area contributed by atoms with E-state index in [1.165, 1.54) is 36.4 Å². The Hall–Kier alpha value is -3.08. The number of anilines is 2. The number of hydrogen-bond donors (Lipinski definition) is 1. The maximum Gasteiger partial charge on any atom is 0.424 e. The van der Waals surface area contributed by atoms with Gasteiger partial charge in [0, 0.05) is 33.6 Å². The zero-order valence-electron chi connectivity index (χ0n) is 26.7. The Morgan fingerprint density at radius 2 is 1.42 bits per heavy atom. The van der Waals surface area contributed by atoms with Crippen molar-refractivity contribution in [2.45, 2.75) is 69.4 Å². The summed E-state index contributed by atoms with van der Waals surface area (Å²) in [5.74, 6) is -3.62. The minimum atomic E-state index is -1.43. The lowest BCUT2D eigenvalue weighted by Crippen LogP contribution is -2.44. The molecule has 1 aliphatic carbocycles. The Kier molecular flexibility index (Phi) is 11.0. The number of alkyl halides is 2. The van der Waals surface area contributed by atoms with Gasteiger partial charge in [0.05, 0.1) is 16.6 Å². The van der Waals surface area contributed by atoms with Gasteiger partial charge in [0.25, 0.3) is 0 Å². The van der Waals surface area contributed by atoms with Crippen LogP contribution in [0.2, 0.25) is 15.1 Å². The van der Waals surface area contributed by atoms with Crippen LogP contribution in [-0.4, -0.2) is 39.4 Å². The Bertz CT molecular complexity index is 1740. The quantitative estimate of drug-likeness (QED) is 0.190. The number of nitrogens with zero attached hydrogens (tertiary/aromatic N) is 1. The van der Waals surface area contributed by atoms with Crippen LogP contribution >= 0.6 is 58.0 Å². The number of hydrogen-bond acceptors (Lipinski definition) is 6. The molecule has 1 saturated carbocycles. The second-order valence-corrected chi connectivity index (χ2v) is 15.9. The van der Waals surface area contributed by atoms with Gasteiger partial charge in [-0.3, -0.25) is 9.59 Å². The van der Waals surface area contributed by atoms with Crippen molar-refractivity contribution in [3.63, 3.8) is 0 Å². The van der Waals surface area contributed by atoms with E-state index in [1.807, 2.05) is 0 Å². The molecule has 0 bridgehead atoms. The zero-order valence-corrected chi connectivity index (χ0v) is 30.5. The summed E-state index contributed by atoms with van der Waals surface area (Å²) in [6.07, 6.45) is -2.85. The highest BCUT2D eigenvalue weighted by molar-refractivity contribution is 6.53. The van der Waals surface area contributed by atoms with Gasteiger partial charge in [-0.15, -0.1) is 23.2 Å². The first-order valence-electron chi connectivity index (χ1n) is 14.6. The molecule has 0 aliphatic heterocycles. The van der Waals surface area contributed by atoms with Crippen LogP contribution in [0.3, 0.4) is 0 Å². The van der Waals surface area contributed by atoms with Crippen molar-refractivity contribution in [3.8, 4) is 0 Å². The summed E-state index contributed by atoms with van der Waals surface area (Å²) in [5.41, 5.74) is -1.87. The van der Waals surface area contributed by atoms with Gasteiger partial charge >= 0.3 is 12.2 Å². The van der Waals surface area contributed by atoms with Gasteiger partial charge in [0.2, 0.25) is 5.91 Å². The Balaban J connectivity index is 1.57. The fourth-order valence-corrected chi connectivity index (χ4v) is 6.48. The second kappa shape index (κ2) is 14.0. The SMILES string of the molecule is CC(C)(C)OC(=O)N(C(=O)OC(C)(C)C)c1cccc(CC(=O)c2cc(NC(=O)[C@H]3[C@H](c4cc(Cl)cc(Cl)c4)C3(Cl)Cl)ccc2Cl)c1F. The van der Waals surface area contributed by atoms with E-state index in [2.05, 4.69) is 5.32 Å². The van der Waals surface area contributed by atoms with E-state index in [0.29, 0.717) is 20.5 Å². The number of imide groups is 1. The van der Waals surface area contributed by atoms with Crippen molar-refractivity contribution in [3.05, 3.63) is 92.2 Å². The van der Waals surface area contributed by atoms with Crippen molar-refractivity contribution >= 4 is 93.3 Å². The molecular formula is C34H32Cl5FN2O6. The third kappa shape index (κ3) is 8.93. The predicted octanol–water partition coefficient (Wildman–Crippen LogP) is 10.4. The third-order valence-corrected chi connectivity index (χ3v) is 8.62. The maximum absolute atomic E-state index is 16.0. The zero-order chi connectivity index (χ0) is 35.9. The summed E-state index contributed by atoms with van der Waals surface area (Å²) >= 11 is 31.5. The monoisotopic (exact) mass is 758 g/mol. The lowest BCUT2D eigenvalue weighted by atomic mass is 10.0. The molecule has 4 rings (SSSR count). The Morgan fingerprint density at radius 1 is 0.854 bits per heavy atom. The molecule has 1 fully saturated rings. The van der Waals surface area contributed by atoms with Crippen LogP contribution in [0.15, 0.2) is 54.6 Å². The summed E-state index contributed by atoms with van der Waals surface area (Å²) in [4.78, 5) is 53.3. The molecule has 0 radical (unpaired) electrons. The first-order valence-corrected chi connectivity index (χ1v) is 16.5. The first-order chi connectivity index (χ1) is 22.1. The number of ketones is 1. The van der Waals surface area contributed by atoms with Gasteiger partial charge in [-0.05, 0) is 95.1 Å². The summed E-state index contributed by atoms with van der Waals surface area (Å²) in [5, 5.41) is 3.46. The number of rotatable bonds is 7. The number of amides is 3. The van der Waals surface area contributed by atoms with Crippen LogP contribution in [-0.2, 0) is 20.7 Å². The lowest BCUT2D eigenvalue weighted by Gasteiger charge is -2.29. The highest BCUT2D eigenvalue weighted by Gasteiger charge is 2.67. The highest BCUT2D eigenvalue weighted by atomic mass is 35.5. The second-order valence-electron chi connectivity index (χ2n) is 13.2. The molecule has 3 amide bonds. The molecule has 1 N–H and O–H groups in total. The average Bonchev–Trinajstić information content (AvgIpc) is 3.51. The molecule has 0 spiro atoms. The third-order valence-electron chi connectivity index (χ3n) is 6.92. The molecule has 0 heterocycles. The maximum atomic E-state index is 16.0. The molecule has 0 aromatic heterocycles. The number of carbonyl (C=O) groups is 4. The minimum Gasteiger partial charge on any atom is -0.443 e. The smallest absolute Gasteiger partial charge is 0.424 e. The van der Waals surface area contributed by atoms with Crippen LogP contribution in [0, 0.1) is 11.7 Å². The number of ether oxygens (including phenoxy) is 2. The van der Waals surface area contributed by atoms with Crippen LogP contribution < -0.4 is 10.2 Å². The van der Waals surface area contributed by atoms with Crippen molar-refractivity contribution in [2.24, 2.45) is 5.92 Å². The van der Waals surface area contributed by atoms with Gasteiger partial charge in [0.1, 0.15) is 15.5 Å². The van der Waals surface area contributed by atoms with E-state index in [1.54, 1.807) is 59.7 Å². The van der Waals surface area contributed by atoms with Crippen molar-refractivity contribution in [1.29, 1.82) is 0 Å². The van der Waals surface area contributed by atoms with E-state index in [9.17, 15) is 19.2 Å². The van der Waals surface area contributed by atoms with Gasteiger partial charge < -0.3 is 14.8 Å². The molecule has 2 atom stereocenters. The summed E-state index contributed by atoms with van der Waals surface area (Å²) in [6.45, 7) is 9.52. The van der Waals surface area contributed by atoms with Crippen molar-refractivity contribution in [1.82, 2.24) is 0 Å². The van der Waals surface area contributed by atoms with Crippen LogP contribution in [0.1, 0.15) is 68.9 Å². The summed E-state index contributed by atoms with van der Waals surface area (Å²) < 4.78 is 25.2. The number of benzene rings is 3. The largest absolute Gasteiger partial charge is 0.443 e. The van der Waals surface area contributed by atoms with E-state index in [0.717, 1.165) is 0 Å². The molecule has 1 aliphatic rings. The Labute approximate surface area is 302 Å². The number of Topliss-reactive ketones (excluding diaryl/α,β-unsaturated/α-hetero) is 1. The number of carbonyl (C=O) groups excluding carboxylic acids is 4. The van der Waals surface area contributed by atoms with E-state index in [-0.39, 0.29) is 21.8 Å². The van der Waals surface area contributed by atoms with Crippen LogP contribution in [0.25, 0.3) is 0 Å². The van der Waals surface area contributed by atoms with Crippen molar-refractivity contribution in [2.75, 3.05) is 10.2 Å². The topological polar surface area (TPSA) is 102 Å². The van der Waals surface area contributed by atoms with Gasteiger partial charge in [-0.1, -0.05) is 46.9 Å². The fourth-order valence-electron chi connectivity index (χ4n) is 4.89. The molecule has 3 aromatic carbocycles. The Morgan fingerprint density at radius 3 is 1.96 bits per heavy atom. The summed E-state index contributed by atoms with van der Waals surface area (Å²) in [7, 11) is 0. The summed E-state index contributed by atoms with van der Waals surface area (Å²) in [6, 6.07) is 12.9. The van der Waals surface area contributed by atoms with E-state index in [4.69, 9.17) is 67.5 Å². The minimum absolute atomic E-state index is 0.0209. The molecule has 0 saturated heterocycles. The molecule has 14 heteroatoms. The average molecular weight is 761 g/mol. The molecule has 3 aromatic rings. The standard InChI is InChI=1S/C34H32Cl5FN2O6/c1-32(2,3)47-30(45)42(31(46)48-33(4,5)6)24-9-7-8-17(28(24)40)14-25(43)22-16-21(10-11-23(22)37)41-29(44)27-26(34(27,38)39)18-12-19(35)15-20(36)13-18/h7-13,15-16,26-27H,14H2,1-6H3,(H,41,44)/t26-,27+/m0/s1. The van der Waals surface area contributed by atoms with Gasteiger partial charge in [-0.2, -0.15) is 4.90 Å².